The Kier molecular flexibility index (Phi) is 8.73. The molecule has 0 bridgehead atoms. The lowest BCUT2D eigenvalue weighted by Crippen LogP contribution is -2.28. The number of nitrogens with one attached hydrogen (secondary N) is 2. The Labute approximate surface area is 177 Å². The minimum Gasteiger partial charge on any atom is -0.490 e. The summed E-state index contributed by atoms with van der Waals surface area (Å²) in [5.74, 6) is 1.12. The molecule has 7 heteroatoms. The van der Waals surface area contributed by atoms with Crippen molar-refractivity contribution >= 4 is 29.0 Å². The number of carbonyl (C=O) groups excluding carboxylic acids is 1. The van der Waals surface area contributed by atoms with Gasteiger partial charge in [-0.2, -0.15) is 0 Å². The van der Waals surface area contributed by atoms with Crippen molar-refractivity contribution in [3.8, 4) is 11.5 Å². The van der Waals surface area contributed by atoms with Crippen LogP contribution in [0.15, 0.2) is 36.4 Å². The molecule has 0 aliphatic heterocycles. The maximum Gasteiger partial charge on any atom is 0.338 e. The average molecular weight is 417 g/mol. The van der Waals surface area contributed by atoms with Crippen LogP contribution >= 0.6 is 12.2 Å². The summed E-state index contributed by atoms with van der Waals surface area (Å²) in [6.45, 7) is 9.62. The van der Waals surface area contributed by atoms with E-state index in [9.17, 15) is 4.79 Å². The largest absolute Gasteiger partial charge is 0.490 e. The molecule has 0 aromatic heterocycles. The van der Waals surface area contributed by atoms with Gasteiger partial charge in [0.05, 0.1) is 25.4 Å². The molecule has 0 radical (unpaired) electrons. The van der Waals surface area contributed by atoms with Crippen LogP contribution in [0.25, 0.3) is 0 Å². The first-order chi connectivity index (χ1) is 14.0. The molecular weight excluding hydrogens is 388 g/mol. The van der Waals surface area contributed by atoms with E-state index < -0.39 is 0 Å². The van der Waals surface area contributed by atoms with Gasteiger partial charge >= 0.3 is 5.97 Å². The smallest absolute Gasteiger partial charge is 0.338 e. The molecule has 2 rings (SSSR count). The van der Waals surface area contributed by atoms with Gasteiger partial charge in [0.25, 0.3) is 0 Å². The van der Waals surface area contributed by atoms with Gasteiger partial charge in [-0.15, -0.1) is 0 Å². The summed E-state index contributed by atoms with van der Waals surface area (Å²) < 4.78 is 16.3. The fourth-order valence-electron chi connectivity index (χ4n) is 2.70. The Morgan fingerprint density at radius 3 is 2.34 bits per heavy atom. The summed E-state index contributed by atoms with van der Waals surface area (Å²) in [6.07, 6.45) is 0. The number of hydrogen-bond acceptors (Lipinski definition) is 5. The van der Waals surface area contributed by atoms with Gasteiger partial charge in [-0.3, -0.25) is 0 Å². The maximum atomic E-state index is 11.8. The predicted octanol–water partition coefficient (Wildman–Crippen LogP) is 4.46. The van der Waals surface area contributed by atoms with Crippen molar-refractivity contribution in [3.63, 3.8) is 0 Å². The topological polar surface area (TPSA) is 68.8 Å². The lowest BCUT2D eigenvalue weighted by molar-refractivity contribution is 0.0526. The third-order valence-corrected chi connectivity index (χ3v) is 4.29. The zero-order chi connectivity index (χ0) is 21.2. The van der Waals surface area contributed by atoms with Crippen molar-refractivity contribution in [3.05, 3.63) is 53.1 Å². The van der Waals surface area contributed by atoms with E-state index in [4.69, 9.17) is 26.4 Å². The molecule has 156 valence electrons. The molecule has 0 fully saturated rings. The van der Waals surface area contributed by atoms with E-state index in [-0.39, 0.29) is 5.97 Å². The predicted molar refractivity (Wildman–Crippen MR) is 119 cm³/mol. The van der Waals surface area contributed by atoms with E-state index in [1.165, 1.54) is 0 Å². The van der Waals surface area contributed by atoms with Crippen LogP contribution in [-0.2, 0) is 11.3 Å². The van der Waals surface area contributed by atoms with Crippen molar-refractivity contribution in [1.29, 1.82) is 0 Å². The lowest BCUT2D eigenvalue weighted by atomic mass is 10.1. The Hall–Kier alpha value is -2.80. The molecule has 0 spiro atoms. The zero-order valence-electron chi connectivity index (χ0n) is 17.3. The molecular formula is C22H28N2O4S. The third kappa shape index (κ3) is 6.64. The minimum absolute atomic E-state index is 0.330. The van der Waals surface area contributed by atoms with Crippen LogP contribution in [0.5, 0.6) is 11.5 Å². The van der Waals surface area contributed by atoms with E-state index in [2.05, 4.69) is 10.6 Å². The van der Waals surface area contributed by atoms with E-state index in [0.29, 0.717) is 37.0 Å². The van der Waals surface area contributed by atoms with Crippen molar-refractivity contribution in [2.24, 2.45) is 0 Å². The Balaban J connectivity index is 1.97. The van der Waals surface area contributed by atoms with Crippen LogP contribution in [0.4, 0.5) is 5.69 Å². The quantitative estimate of drug-likeness (QED) is 0.462. The van der Waals surface area contributed by atoms with Crippen molar-refractivity contribution in [2.45, 2.75) is 34.2 Å². The number of hydrogen-bond donors (Lipinski definition) is 2. The second-order valence-electron chi connectivity index (χ2n) is 6.20. The lowest BCUT2D eigenvalue weighted by Gasteiger charge is -2.15. The van der Waals surface area contributed by atoms with Gasteiger partial charge in [0.1, 0.15) is 0 Å². The number of benzene rings is 2. The van der Waals surface area contributed by atoms with Crippen molar-refractivity contribution in [2.75, 3.05) is 25.1 Å². The highest BCUT2D eigenvalue weighted by Gasteiger charge is 2.10. The molecule has 0 atom stereocenters. The summed E-state index contributed by atoms with van der Waals surface area (Å²) in [5, 5.41) is 6.84. The number of rotatable bonds is 9. The molecule has 6 nitrogen and oxygen atoms in total. The Morgan fingerprint density at radius 1 is 0.966 bits per heavy atom. The number of ether oxygens (including phenoxy) is 3. The molecule has 2 N–H and O–H groups in total. The molecule has 29 heavy (non-hydrogen) atoms. The molecule has 2 aromatic rings. The van der Waals surface area contributed by atoms with Crippen LogP contribution in [0.1, 0.15) is 42.3 Å². The molecule has 0 saturated carbocycles. The molecule has 0 aliphatic carbocycles. The Bertz CT molecular complexity index is 855. The molecule has 0 heterocycles. The second-order valence-corrected chi connectivity index (χ2v) is 6.61. The highest BCUT2D eigenvalue weighted by Crippen LogP contribution is 2.28. The van der Waals surface area contributed by atoms with Crippen LogP contribution in [-0.4, -0.2) is 30.9 Å². The first-order valence-electron chi connectivity index (χ1n) is 9.69. The van der Waals surface area contributed by atoms with Gasteiger partial charge in [0.2, 0.25) is 0 Å². The van der Waals surface area contributed by atoms with E-state index in [0.717, 1.165) is 28.3 Å². The molecule has 2 aromatic carbocycles. The molecule has 0 aliphatic rings. The second kappa shape index (κ2) is 11.3. The summed E-state index contributed by atoms with van der Waals surface area (Å²) in [4.78, 5) is 11.8. The van der Waals surface area contributed by atoms with Crippen molar-refractivity contribution < 1.29 is 19.0 Å². The van der Waals surface area contributed by atoms with E-state index in [1.54, 1.807) is 19.1 Å². The van der Waals surface area contributed by atoms with Gasteiger partial charge < -0.3 is 24.8 Å². The minimum atomic E-state index is -0.330. The molecule has 0 amide bonds. The fourth-order valence-corrected chi connectivity index (χ4v) is 2.88. The van der Waals surface area contributed by atoms with Crippen LogP contribution in [0.3, 0.4) is 0 Å². The summed E-state index contributed by atoms with van der Waals surface area (Å²) in [7, 11) is 0. The average Bonchev–Trinajstić information content (AvgIpc) is 2.70. The molecule has 0 unspecified atom stereocenters. The van der Waals surface area contributed by atoms with Gasteiger partial charge in [-0.05, 0) is 81.4 Å². The number of thiocarbonyl (C=S) groups is 1. The summed E-state index contributed by atoms with van der Waals surface area (Å²) in [6, 6.07) is 11.1. The van der Waals surface area contributed by atoms with Crippen molar-refractivity contribution in [1.82, 2.24) is 5.32 Å². The number of aryl methyl sites for hydroxylation is 1. The maximum absolute atomic E-state index is 11.8. The summed E-state index contributed by atoms with van der Waals surface area (Å²) in [5.41, 5.74) is 3.28. The number of anilines is 1. The van der Waals surface area contributed by atoms with E-state index >= 15 is 0 Å². The SMILES string of the molecule is CCOC(=O)c1ccc(NC(=S)NCc2ccc(OCC)c(OCC)c2)c(C)c1. The standard InChI is InChI=1S/C22H28N2O4S/c1-5-26-19-11-8-16(13-20(19)27-6-2)14-23-22(29)24-18-10-9-17(12-15(18)4)21(25)28-7-3/h8-13H,5-7,14H2,1-4H3,(H2,23,24,29). The van der Waals surface area contributed by atoms with Gasteiger partial charge in [-0.25, -0.2) is 4.79 Å². The van der Waals surface area contributed by atoms with E-state index in [1.807, 2.05) is 45.0 Å². The van der Waals surface area contributed by atoms with Crippen LogP contribution in [0.2, 0.25) is 0 Å². The van der Waals surface area contributed by atoms with Crippen LogP contribution < -0.4 is 20.1 Å². The molecule has 0 saturated heterocycles. The van der Waals surface area contributed by atoms with Crippen LogP contribution in [0, 0.1) is 6.92 Å². The summed E-state index contributed by atoms with van der Waals surface area (Å²) >= 11 is 5.40. The highest BCUT2D eigenvalue weighted by molar-refractivity contribution is 7.80. The fraction of sp³-hybridized carbons (Fsp3) is 0.364. The zero-order valence-corrected chi connectivity index (χ0v) is 18.2. The first kappa shape index (κ1) is 22.5. The first-order valence-corrected chi connectivity index (χ1v) is 10.1. The number of esters is 1. The highest BCUT2D eigenvalue weighted by atomic mass is 32.1. The monoisotopic (exact) mass is 416 g/mol. The number of carbonyl (C=O) groups is 1. The normalized spacial score (nSPS) is 10.2. The van der Waals surface area contributed by atoms with Gasteiger partial charge in [0, 0.05) is 12.2 Å². The third-order valence-electron chi connectivity index (χ3n) is 4.05. The van der Waals surface area contributed by atoms with Gasteiger partial charge in [-0.1, -0.05) is 6.07 Å². The Morgan fingerprint density at radius 2 is 1.69 bits per heavy atom. The van der Waals surface area contributed by atoms with Gasteiger partial charge in [0.15, 0.2) is 16.6 Å².